The Labute approximate surface area is 100 Å². The quantitative estimate of drug-likeness (QED) is 0.853. The molecular formula is C13H17N3O. The summed E-state index contributed by atoms with van der Waals surface area (Å²) in [6.45, 7) is 3.82. The Balaban J connectivity index is 1.72. The number of H-pyrrole nitrogens is 1. The van der Waals surface area contributed by atoms with Crippen LogP contribution in [-0.4, -0.2) is 28.7 Å². The number of ether oxygens (including phenoxy) is 1. The van der Waals surface area contributed by atoms with E-state index in [0.29, 0.717) is 0 Å². The average Bonchev–Trinajstić information content (AvgIpc) is 2.93. The molecule has 2 aromatic rings. The molecule has 0 radical (unpaired) electrons. The highest BCUT2D eigenvalue weighted by Crippen LogP contribution is 2.25. The molecule has 2 heterocycles. The van der Waals surface area contributed by atoms with Crippen molar-refractivity contribution in [1.82, 2.24) is 9.97 Å². The molecule has 2 N–H and O–H groups in total. The SMILES string of the molecule is CC1(CNc2nc3ccccc3[nH]2)CCCO1. The first-order valence-electron chi connectivity index (χ1n) is 6.08. The molecule has 1 atom stereocenters. The fourth-order valence-electron chi connectivity index (χ4n) is 2.28. The van der Waals surface area contributed by atoms with Gasteiger partial charge in [-0.3, -0.25) is 0 Å². The van der Waals surface area contributed by atoms with Crippen LogP contribution in [0.25, 0.3) is 11.0 Å². The summed E-state index contributed by atoms with van der Waals surface area (Å²) in [5.41, 5.74) is 2.01. The summed E-state index contributed by atoms with van der Waals surface area (Å²) in [6, 6.07) is 8.03. The molecule has 1 unspecified atom stereocenters. The van der Waals surface area contributed by atoms with Gasteiger partial charge < -0.3 is 15.0 Å². The smallest absolute Gasteiger partial charge is 0.201 e. The molecule has 1 fully saturated rings. The number of nitrogens with one attached hydrogen (secondary N) is 2. The molecular weight excluding hydrogens is 214 g/mol. The number of nitrogens with zero attached hydrogens (tertiary/aromatic N) is 1. The van der Waals surface area contributed by atoms with Crippen LogP contribution in [0, 0.1) is 0 Å². The van der Waals surface area contributed by atoms with Gasteiger partial charge in [0.1, 0.15) is 0 Å². The van der Waals surface area contributed by atoms with Crippen LogP contribution >= 0.6 is 0 Å². The van der Waals surface area contributed by atoms with Crippen LogP contribution in [0.1, 0.15) is 19.8 Å². The van der Waals surface area contributed by atoms with Crippen LogP contribution in [-0.2, 0) is 4.74 Å². The molecule has 1 saturated heterocycles. The molecule has 4 nitrogen and oxygen atoms in total. The maximum Gasteiger partial charge on any atom is 0.201 e. The minimum Gasteiger partial charge on any atom is -0.373 e. The number of imidazole rings is 1. The second-order valence-electron chi connectivity index (χ2n) is 4.86. The van der Waals surface area contributed by atoms with E-state index >= 15 is 0 Å². The number of anilines is 1. The number of para-hydroxylation sites is 2. The molecule has 90 valence electrons. The van der Waals surface area contributed by atoms with Gasteiger partial charge in [-0.2, -0.15) is 0 Å². The lowest BCUT2D eigenvalue weighted by Gasteiger charge is -2.22. The van der Waals surface area contributed by atoms with Crippen molar-refractivity contribution < 1.29 is 4.74 Å². The van der Waals surface area contributed by atoms with E-state index in [1.54, 1.807) is 0 Å². The zero-order chi connectivity index (χ0) is 11.7. The Bertz CT molecular complexity index is 481. The second kappa shape index (κ2) is 4.04. The molecule has 3 rings (SSSR count). The predicted molar refractivity (Wildman–Crippen MR) is 68.2 cm³/mol. The van der Waals surface area contributed by atoms with E-state index in [1.165, 1.54) is 0 Å². The third kappa shape index (κ3) is 2.13. The standard InChI is InChI=1S/C13H17N3O/c1-13(7-4-8-17-13)9-14-12-15-10-5-2-3-6-11(10)16-12/h2-3,5-6H,4,7-9H2,1H3,(H2,14,15,16). The molecule has 0 amide bonds. The summed E-state index contributed by atoms with van der Waals surface area (Å²) in [5.74, 6) is 0.822. The highest BCUT2D eigenvalue weighted by atomic mass is 16.5. The first-order chi connectivity index (χ1) is 8.25. The zero-order valence-corrected chi connectivity index (χ0v) is 9.99. The summed E-state index contributed by atoms with van der Waals surface area (Å²) in [7, 11) is 0. The van der Waals surface area contributed by atoms with E-state index in [4.69, 9.17) is 4.74 Å². The maximum absolute atomic E-state index is 5.73. The van der Waals surface area contributed by atoms with Crippen molar-refractivity contribution in [3.63, 3.8) is 0 Å². The number of hydrogen-bond donors (Lipinski definition) is 2. The minimum atomic E-state index is -0.0427. The number of rotatable bonds is 3. The molecule has 1 aliphatic rings. The van der Waals surface area contributed by atoms with E-state index < -0.39 is 0 Å². The van der Waals surface area contributed by atoms with Crippen LogP contribution in [0.2, 0.25) is 0 Å². The molecule has 1 aliphatic heterocycles. The normalized spacial score (nSPS) is 24.3. The topological polar surface area (TPSA) is 49.9 Å². The Morgan fingerprint density at radius 2 is 2.35 bits per heavy atom. The van der Waals surface area contributed by atoms with Crippen molar-refractivity contribution in [2.24, 2.45) is 0 Å². The van der Waals surface area contributed by atoms with Crippen molar-refractivity contribution in [3.05, 3.63) is 24.3 Å². The summed E-state index contributed by atoms with van der Waals surface area (Å²) in [5, 5.41) is 3.32. The molecule has 1 aromatic carbocycles. The molecule has 4 heteroatoms. The monoisotopic (exact) mass is 231 g/mol. The Hall–Kier alpha value is -1.55. The summed E-state index contributed by atoms with van der Waals surface area (Å²) in [4.78, 5) is 7.74. The van der Waals surface area contributed by atoms with Crippen LogP contribution < -0.4 is 5.32 Å². The van der Waals surface area contributed by atoms with Gasteiger partial charge in [-0.1, -0.05) is 12.1 Å². The maximum atomic E-state index is 5.73. The van der Waals surface area contributed by atoms with Crippen LogP contribution in [0.5, 0.6) is 0 Å². The van der Waals surface area contributed by atoms with Crippen molar-refractivity contribution in [1.29, 1.82) is 0 Å². The van der Waals surface area contributed by atoms with Crippen LogP contribution in [0.4, 0.5) is 5.95 Å². The van der Waals surface area contributed by atoms with Crippen LogP contribution in [0.15, 0.2) is 24.3 Å². The van der Waals surface area contributed by atoms with Gasteiger partial charge in [-0.25, -0.2) is 4.98 Å². The van der Waals surface area contributed by atoms with E-state index in [0.717, 1.165) is 43.0 Å². The van der Waals surface area contributed by atoms with Gasteiger partial charge in [0.15, 0.2) is 0 Å². The molecule has 0 saturated carbocycles. The van der Waals surface area contributed by atoms with Crippen molar-refractivity contribution in [3.8, 4) is 0 Å². The second-order valence-corrected chi connectivity index (χ2v) is 4.86. The first-order valence-corrected chi connectivity index (χ1v) is 6.08. The van der Waals surface area contributed by atoms with Crippen molar-refractivity contribution >= 4 is 17.0 Å². The average molecular weight is 231 g/mol. The molecule has 0 aliphatic carbocycles. The summed E-state index contributed by atoms with van der Waals surface area (Å²) >= 11 is 0. The largest absolute Gasteiger partial charge is 0.373 e. The summed E-state index contributed by atoms with van der Waals surface area (Å²) < 4.78 is 5.73. The Morgan fingerprint density at radius 3 is 3.12 bits per heavy atom. The van der Waals surface area contributed by atoms with Crippen molar-refractivity contribution in [2.75, 3.05) is 18.5 Å². The van der Waals surface area contributed by atoms with E-state index in [1.807, 2.05) is 24.3 Å². The number of aromatic nitrogens is 2. The Kier molecular flexibility index (Phi) is 2.52. The lowest BCUT2D eigenvalue weighted by atomic mass is 10.0. The number of aromatic amines is 1. The number of hydrogen-bond acceptors (Lipinski definition) is 3. The van der Waals surface area contributed by atoms with E-state index in [2.05, 4.69) is 22.2 Å². The minimum absolute atomic E-state index is 0.0427. The van der Waals surface area contributed by atoms with Gasteiger partial charge in [0.05, 0.1) is 16.6 Å². The third-order valence-electron chi connectivity index (χ3n) is 3.32. The molecule has 0 bridgehead atoms. The van der Waals surface area contributed by atoms with Crippen molar-refractivity contribution in [2.45, 2.75) is 25.4 Å². The highest BCUT2D eigenvalue weighted by molar-refractivity contribution is 5.77. The fourth-order valence-corrected chi connectivity index (χ4v) is 2.28. The van der Waals surface area contributed by atoms with E-state index in [9.17, 15) is 0 Å². The van der Waals surface area contributed by atoms with Gasteiger partial charge in [0, 0.05) is 13.2 Å². The predicted octanol–water partition coefficient (Wildman–Crippen LogP) is 2.54. The molecule has 0 spiro atoms. The van der Waals surface area contributed by atoms with E-state index in [-0.39, 0.29) is 5.60 Å². The Morgan fingerprint density at radius 1 is 1.47 bits per heavy atom. The number of fused-ring (bicyclic) bond motifs is 1. The zero-order valence-electron chi connectivity index (χ0n) is 9.99. The van der Waals surface area contributed by atoms with Gasteiger partial charge in [0.25, 0.3) is 0 Å². The van der Waals surface area contributed by atoms with Gasteiger partial charge in [-0.15, -0.1) is 0 Å². The molecule has 17 heavy (non-hydrogen) atoms. The number of benzene rings is 1. The first kappa shape index (κ1) is 10.6. The van der Waals surface area contributed by atoms with Gasteiger partial charge in [-0.05, 0) is 31.9 Å². The lowest BCUT2D eigenvalue weighted by Crippen LogP contribution is -2.32. The molecule has 1 aromatic heterocycles. The van der Waals surface area contributed by atoms with Gasteiger partial charge >= 0.3 is 0 Å². The van der Waals surface area contributed by atoms with Gasteiger partial charge in [0.2, 0.25) is 5.95 Å². The summed E-state index contributed by atoms with van der Waals surface area (Å²) in [6.07, 6.45) is 2.26. The lowest BCUT2D eigenvalue weighted by molar-refractivity contribution is 0.0314. The highest BCUT2D eigenvalue weighted by Gasteiger charge is 2.29. The van der Waals surface area contributed by atoms with Crippen LogP contribution in [0.3, 0.4) is 0 Å². The fraction of sp³-hybridized carbons (Fsp3) is 0.462. The third-order valence-corrected chi connectivity index (χ3v) is 3.32.